The number of benzene rings is 1. The number of nitrogens with one attached hydrogen (secondary N) is 1. The van der Waals surface area contributed by atoms with E-state index in [1.807, 2.05) is 0 Å². The summed E-state index contributed by atoms with van der Waals surface area (Å²) in [5.74, 6) is -0.898. The molecule has 2 rings (SSSR count). The Bertz CT molecular complexity index is 533. The van der Waals surface area contributed by atoms with E-state index in [-0.39, 0.29) is 24.2 Å². The Morgan fingerprint density at radius 1 is 1.45 bits per heavy atom. The number of nitrogens with zero attached hydrogens (tertiary/aromatic N) is 1. The van der Waals surface area contributed by atoms with Gasteiger partial charge in [0.15, 0.2) is 0 Å². The molecule has 0 aliphatic carbocycles. The molecule has 0 saturated carbocycles. The van der Waals surface area contributed by atoms with Crippen LogP contribution in [0.4, 0.5) is 14.9 Å². The number of amides is 2. The van der Waals surface area contributed by atoms with Gasteiger partial charge in [0.2, 0.25) is 5.91 Å². The fraction of sp³-hybridized carbons (Fsp3) is 0.429. The van der Waals surface area contributed by atoms with Gasteiger partial charge in [-0.2, -0.15) is 0 Å². The molecule has 0 radical (unpaired) electrons. The van der Waals surface area contributed by atoms with E-state index in [0.717, 1.165) is 0 Å². The van der Waals surface area contributed by atoms with Crippen molar-refractivity contribution in [1.82, 2.24) is 4.90 Å². The zero-order chi connectivity index (χ0) is 14.7. The average Bonchev–Trinajstić information content (AvgIpc) is 2.43. The molecule has 1 saturated heterocycles. The Hall–Kier alpha value is -2.11. The number of piperidine rings is 1. The summed E-state index contributed by atoms with van der Waals surface area (Å²) in [6.45, 7) is 2.30. The molecule has 1 heterocycles. The summed E-state index contributed by atoms with van der Waals surface area (Å²) in [7, 11) is 0. The van der Waals surface area contributed by atoms with Gasteiger partial charge in [-0.05, 0) is 43.5 Å². The lowest BCUT2D eigenvalue weighted by Gasteiger charge is -2.29. The van der Waals surface area contributed by atoms with Crippen molar-refractivity contribution < 1.29 is 19.1 Å². The number of carbonyl (C=O) groups is 2. The maximum atomic E-state index is 13.1. The molecule has 0 unspecified atom stereocenters. The number of hydrogen-bond donors (Lipinski definition) is 2. The van der Waals surface area contributed by atoms with Gasteiger partial charge < -0.3 is 15.3 Å². The molecule has 2 amide bonds. The lowest BCUT2D eigenvalue weighted by molar-refractivity contribution is -0.121. The summed E-state index contributed by atoms with van der Waals surface area (Å²) in [6, 6.07) is 4.36. The number of halogens is 1. The largest absolute Gasteiger partial charge is 0.465 e. The van der Waals surface area contributed by atoms with Crippen LogP contribution in [0.3, 0.4) is 0 Å². The Labute approximate surface area is 116 Å². The van der Waals surface area contributed by atoms with Gasteiger partial charge in [0.05, 0.1) is 5.92 Å². The highest BCUT2D eigenvalue weighted by molar-refractivity contribution is 5.93. The Morgan fingerprint density at radius 2 is 2.20 bits per heavy atom. The van der Waals surface area contributed by atoms with Crippen LogP contribution in [0, 0.1) is 18.7 Å². The highest BCUT2D eigenvalue weighted by Crippen LogP contribution is 2.20. The lowest BCUT2D eigenvalue weighted by atomic mass is 9.97. The normalized spacial score (nSPS) is 18.7. The van der Waals surface area contributed by atoms with E-state index < -0.39 is 6.09 Å². The summed E-state index contributed by atoms with van der Waals surface area (Å²) in [5, 5.41) is 11.7. The van der Waals surface area contributed by atoms with Gasteiger partial charge in [-0.3, -0.25) is 4.79 Å². The molecule has 5 nitrogen and oxygen atoms in total. The van der Waals surface area contributed by atoms with E-state index in [2.05, 4.69) is 5.32 Å². The number of aryl methyl sites for hydroxylation is 1. The number of anilines is 1. The number of carbonyl (C=O) groups excluding carboxylic acids is 1. The maximum absolute atomic E-state index is 13.1. The Balaban J connectivity index is 2.00. The van der Waals surface area contributed by atoms with Crippen LogP contribution in [-0.2, 0) is 4.79 Å². The molecule has 1 atom stereocenters. The highest BCUT2D eigenvalue weighted by Gasteiger charge is 2.28. The minimum Gasteiger partial charge on any atom is -0.465 e. The van der Waals surface area contributed by atoms with Gasteiger partial charge in [-0.25, -0.2) is 9.18 Å². The molecule has 1 aromatic carbocycles. The molecule has 0 spiro atoms. The summed E-state index contributed by atoms with van der Waals surface area (Å²) in [5.41, 5.74) is 0.986. The molecule has 108 valence electrons. The smallest absolute Gasteiger partial charge is 0.407 e. The highest BCUT2D eigenvalue weighted by atomic mass is 19.1. The predicted octanol–water partition coefficient (Wildman–Crippen LogP) is 2.46. The van der Waals surface area contributed by atoms with Crippen molar-refractivity contribution in [3.05, 3.63) is 29.6 Å². The van der Waals surface area contributed by atoms with Gasteiger partial charge in [0.25, 0.3) is 0 Å². The van der Waals surface area contributed by atoms with E-state index >= 15 is 0 Å². The molecule has 2 N–H and O–H groups in total. The van der Waals surface area contributed by atoms with Gasteiger partial charge in [-0.15, -0.1) is 0 Å². The molecule has 0 bridgehead atoms. The van der Waals surface area contributed by atoms with Gasteiger partial charge in [-0.1, -0.05) is 0 Å². The molecule has 20 heavy (non-hydrogen) atoms. The summed E-state index contributed by atoms with van der Waals surface area (Å²) in [6.07, 6.45) is 0.336. The van der Waals surface area contributed by atoms with Crippen LogP contribution in [0.2, 0.25) is 0 Å². The molecular weight excluding hydrogens is 263 g/mol. The minimum absolute atomic E-state index is 0.210. The predicted molar refractivity (Wildman–Crippen MR) is 72.1 cm³/mol. The van der Waals surface area contributed by atoms with Crippen molar-refractivity contribution in [2.75, 3.05) is 18.4 Å². The van der Waals surface area contributed by atoms with E-state index in [1.165, 1.54) is 17.0 Å². The van der Waals surface area contributed by atoms with Crippen molar-refractivity contribution in [2.45, 2.75) is 19.8 Å². The molecule has 1 aromatic rings. The van der Waals surface area contributed by atoms with Crippen LogP contribution >= 0.6 is 0 Å². The summed E-state index contributed by atoms with van der Waals surface area (Å²) in [4.78, 5) is 24.3. The first-order chi connectivity index (χ1) is 9.47. The second-order valence-electron chi connectivity index (χ2n) is 5.02. The fourth-order valence-electron chi connectivity index (χ4n) is 2.33. The SMILES string of the molecule is Cc1cc(NC(=O)[C@H]2CCCN(C(=O)O)C2)ccc1F. The first kappa shape index (κ1) is 14.3. The standard InChI is InChI=1S/C14H17FN2O3/c1-9-7-11(4-5-12(9)15)16-13(18)10-3-2-6-17(8-10)14(19)20/h4-5,7,10H,2-3,6,8H2,1H3,(H,16,18)(H,19,20)/t10-/m0/s1. The van der Waals surface area contributed by atoms with Gasteiger partial charge in [0, 0.05) is 18.8 Å². The van der Waals surface area contributed by atoms with Crippen molar-refractivity contribution >= 4 is 17.7 Å². The third-order valence-corrected chi connectivity index (χ3v) is 3.49. The minimum atomic E-state index is -1.000. The van der Waals surface area contributed by atoms with Crippen LogP contribution < -0.4 is 5.32 Å². The zero-order valence-corrected chi connectivity index (χ0v) is 11.2. The van der Waals surface area contributed by atoms with Crippen molar-refractivity contribution in [3.63, 3.8) is 0 Å². The van der Waals surface area contributed by atoms with Crippen molar-refractivity contribution in [1.29, 1.82) is 0 Å². The number of hydrogen-bond acceptors (Lipinski definition) is 2. The molecule has 6 heteroatoms. The van der Waals surface area contributed by atoms with Gasteiger partial charge in [0.1, 0.15) is 5.82 Å². The molecule has 1 aliphatic rings. The number of likely N-dealkylation sites (tertiary alicyclic amines) is 1. The van der Waals surface area contributed by atoms with E-state index in [9.17, 15) is 14.0 Å². The summed E-state index contributed by atoms with van der Waals surface area (Å²) >= 11 is 0. The number of carboxylic acid groups (broad SMARTS) is 1. The van der Waals surface area contributed by atoms with Crippen LogP contribution in [0.25, 0.3) is 0 Å². The zero-order valence-electron chi connectivity index (χ0n) is 11.2. The van der Waals surface area contributed by atoms with E-state index in [1.54, 1.807) is 13.0 Å². The number of rotatable bonds is 2. The first-order valence-electron chi connectivity index (χ1n) is 6.52. The first-order valence-corrected chi connectivity index (χ1v) is 6.52. The molecule has 1 aliphatic heterocycles. The van der Waals surface area contributed by atoms with Crippen LogP contribution in [0.15, 0.2) is 18.2 Å². The molecule has 0 aromatic heterocycles. The Morgan fingerprint density at radius 3 is 2.85 bits per heavy atom. The molecular formula is C14H17FN2O3. The maximum Gasteiger partial charge on any atom is 0.407 e. The topological polar surface area (TPSA) is 69.6 Å². The second kappa shape index (κ2) is 5.90. The van der Waals surface area contributed by atoms with Gasteiger partial charge >= 0.3 is 6.09 Å². The van der Waals surface area contributed by atoms with Crippen molar-refractivity contribution in [2.24, 2.45) is 5.92 Å². The fourth-order valence-corrected chi connectivity index (χ4v) is 2.33. The monoisotopic (exact) mass is 280 g/mol. The second-order valence-corrected chi connectivity index (χ2v) is 5.02. The Kier molecular flexibility index (Phi) is 4.22. The van der Waals surface area contributed by atoms with Crippen molar-refractivity contribution in [3.8, 4) is 0 Å². The lowest BCUT2D eigenvalue weighted by Crippen LogP contribution is -2.43. The van der Waals surface area contributed by atoms with Crippen LogP contribution in [0.1, 0.15) is 18.4 Å². The quantitative estimate of drug-likeness (QED) is 0.874. The summed E-state index contributed by atoms with van der Waals surface area (Å²) < 4.78 is 13.1. The molecule has 1 fully saturated rings. The van der Waals surface area contributed by atoms with E-state index in [0.29, 0.717) is 30.6 Å². The van der Waals surface area contributed by atoms with Crippen LogP contribution in [0.5, 0.6) is 0 Å². The third-order valence-electron chi connectivity index (χ3n) is 3.49. The average molecular weight is 280 g/mol. The van der Waals surface area contributed by atoms with E-state index in [4.69, 9.17) is 5.11 Å². The third kappa shape index (κ3) is 3.26. The van der Waals surface area contributed by atoms with Crippen LogP contribution in [-0.4, -0.2) is 35.1 Å².